The third kappa shape index (κ3) is 3.10. The van der Waals surface area contributed by atoms with Gasteiger partial charge in [0.1, 0.15) is 11.6 Å². The van der Waals surface area contributed by atoms with E-state index in [9.17, 15) is 4.79 Å². The zero-order valence-electron chi connectivity index (χ0n) is 17.3. The second kappa shape index (κ2) is 7.48. The molecule has 0 aliphatic carbocycles. The highest BCUT2D eigenvalue weighted by atomic mass is 16.5. The first kappa shape index (κ1) is 18.7. The normalized spacial score (nSPS) is 18.3. The van der Waals surface area contributed by atoms with E-state index in [2.05, 4.69) is 33.4 Å². The molecule has 1 amide bonds. The summed E-state index contributed by atoms with van der Waals surface area (Å²) in [5.41, 5.74) is 5.01. The van der Waals surface area contributed by atoms with Crippen LogP contribution in [0.5, 0.6) is 5.75 Å². The minimum atomic E-state index is -0.0980. The van der Waals surface area contributed by atoms with Crippen molar-refractivity contribution >= 4 is 17.4 Å². The summed E-state index contributed by atoms with van der Waals surface area (Å²) in [6.45, 7) is 2.11. The van der Waals surface area contributed by atoms with Crippen LogP contribution in [0.1, 0.15) is 36.3 Å². The van der Waals surface area contributed by atoms with Gasteiger partial charge in [0.15, 0.2) is 0 Å². The summed E-state index contributed by atoms with van der Waals surface area (Å²) in [6.07, 6.45) is 6.36. The Labute approximate surface area is 175 Å². The van der Waals surface area contributed by atoms with Gasteiger partial charge in [-0.15, -0.1) is 0 Å². The Morgan fingerprint density at radius 1 is 1.20 bits per heavy atom. The molecule has 1 fully saturated rings. The lowest BCUT2D eigenvalue weighted by Gasteiger charge is -2.26. The van der Waals surface area contributed by atoms with Crippen LogP contribution in [0.25, 0.3) is 11.3 Å². The SMILES string of the molecule is COc1cc(C2CC(=O)Nc3c2c(-c2cccnc2)nn3C)ccc1N1CCCC1. The van der Waals surface area contributed by atoms with Crippen molar-refractivity contribution in [3.63, 3.8) is 0 Å². The van der Waals surface area contributed by atoms with E-state index < -0.39 is 0 Å². The monoisotopic (exact) mass is 403 g/mol. The Hall–Kier alpha value is -3.35. The molecular weight excluding hydrogens is 378 g/mol. The van der Waals surface area contributed by atoms with E-state index in [-0.39, 0.29) is 11.8 Å². The number of fused-ring (bicyclic) bond motifs is 1. The van der Waals surface area contributed by atoms with E-state index >= 15 is 0 Å². The number of carbonyl (C=O) groups excluding carboxylic acids is 1. The van der Waals surface area contributed by atoms with E-state index in [1.807, 2.05) is 25.4 Å². The number of anilines is 2. The Morgan fingerprint density at radius 3 is 2.77 bits per heavy atom. The second-order valence-corrected chi connectivity index (χ2v) is 7.91. The quantitative estimate of drug-likeness (QED) is 0.721. The molecule has 1 unspecified atom stereocenters. The molecule has 2 aromatic heterocycles. The number of ether oxygens (including phenoxy) is 1. The first-order chi connectivity index (χ1) is 14.7. The van der Waals surface area contributed by atoms with Crippen molar-refractivity contribution in [1.82, 2.24) is 14.8 Å². The molecule has 2 aliphatic rings. The lowest BCUT2D eigenvalue weighted by Crippen LogP contribution is -2.25. The fourth-order valence-corrected chi connectivity index (χ4v) is 4.62. The van der Waals surface area contributed by atoms with E-state index in [4.69, 9.17) is 9.84 Å². The summed E-state index contributed by atoms with van der Waals surface area (Å²) >= 11 is 0. The van der Waals surface area contributed by atoms with Crippen molar-refractivity contribution in [2.45, 2.75) is 25.2 Å². The summed E-state index contributed by atoms with van der Waals surface area (Å²) in [5.74, 6) is 1.50. The second-order valence-electron chi connectivity index (χ2n) is 7.91. The van der Waals surface area contributed by atoms with Crippen LogP contribution in [0.2, 0.25) is 0 Å². The van der Waals surface area contributed by atoms with Gasteiger partial charge >= 0.3 is 0 Å². The van der Waals surface area contributed by atoms with Crippen LogP contribution in [0, 0.1) is 0 Å². The highest BCUT2D eigenvalue weighted by Crippen LogP contribution is 2.44. The number of aryl methyl sites for hydroxylation is 1. The predicted molar refractivity (Wildman–Crippen MR) is 116 cm³/mol. The fourth-order valence-electron chi connectivity index (χ4n) is 4.62. The average Bonchev–Trinajstić information content (AvgIpc) is 3.42. The van der Waals surface area contributed by atoms with Gasteiger partial charge in [-0.3, -0.25) is 14.5 Å². The van der Waals surface area contributed by atoms with E-state index in [0.29, 0.717) is 6.42 Å². The molecule has 0 bridgehead atoms. The number of pyridine rings is 1. The Kier molecular flexibility index (Phi) is 4.65. The van der Waals surface area contributed by atoms with Crippen molar-refractivity contribution in [3.05, 3.63) is 53.9 Å². The largest absolute Gasteiger partial charge is 0.495 e. The van der Waals surface area contributed by atoms with Crippen LogP contribution < -0.4 is 15.0 Å². The predicted octanol–water partition coefficient (Wildman–Crippen LogP) is 3.57. The zero-order chi connectivity index (χ0) is 20.7. The van der Waals surface area contributed by atoms with Gasteiger partial charge in [-0.1, -0.05) is 6.07 Å². The maximum atomic E-state index is 12.5. The summed E-state index contributed by atoms with van der Waals surface area (Å²) in [7, 11) is 3.57. The molecular formula is C23H25N5O2. The number of hydrogen-bond acceptors (Lipinski definition) is 5. The van der Waals surface area contributed by atoms with E-state index in [1.54, 1.807) is 18.0 Å². The number of nitrogens with one attached hydrogen (secondary N) is 1. The fraction of sp³-hybridized carbons (Fsp3) is 0.348. The summed E-state index contributed by atoms with van der Waals surface area (Å²) in [4.78, 5) is 19.2. The van der Waals surface area contributed by atoms with Crippen LogP contribution in [0.15, 0.2) is 42.7 Å². The molecule has 5 rings (SSSR count). The lowest BCUT2D eigenvalue weighted by molar-refractivity contribution is -0.116. The average molecular weight is 403 g/mol. The minimum Gasteiger partial charge on any atom is -0.495 e. The van der Waals surface area contributed by atoms with Crippen LogP contribution in [-0.2, 0) is 11.8 Å². The van der Waals surface area contributed by atoms with Gasteiger partial charge in [0.25, 0.3) is 0 Å². The molecule has 1 saturated heterocycles. The molecule has 0 spiro atoms. The van der Waals surface area contributed by atoms with Gasteiger partial charge in [-0.2, -0.15) is 5.10 Å². The maximum absolute atomic E-state index is 12.5. The lowest BCUT2D eigenvalue weighted by atomic mass is 9.84. The van der Waals surface area contributed by atoms with Gasteiger partial charge in [-0.25, -0.2) is 0 Å². The van der Waals surface area contributed by atoms with Crippen molar-refractivity contribution in [1.29, 1.82) is 0 Å². The third-order valence-corrected chi connectivity index (χ3v) is 6.07. The van der Waals surface area contributed by atoms with Gasteiger partial charge in [0, 0.05) is 56.0 Å². The minimum absolute atomic E-state index is 0.00387. The van der Waals surface area contributed by atoms with Crippen molar-refractivity contribution in [2.24, 2.45) is 7.05 Å². The van der Waals surface area contributed by atoms with Gasteiger partial charge in [0.2, 0.25) is 5.91 Å². The van der Waals surface area contributed by atoms with E-state index in [0.717, 1.165) is 52.7 Å². The van der Waals surface area contributed by atoms with Gasteiger partial charge < -0.3 is 15.0 Å². The molecule has 7 nitrogen and oxygen atoms in total. The smallest absolute Gasteiger partial charge is 0.226 e. The van der Waals surface area contributed by atoms with Crippen LogP contribution in [0.3, 0.4) is 0 Å². The van der Waals surface area contributed by atoms with Gasteiger partial charge in [0.05, 0.1) is 18.5 Å². The molecule has 3 aromatic rings. The standard InChI is InChI=1S/C23H25N5O2/c1-27-23-21(22(26-27)16-6-5-9-24-14-16)17(13-20(29)25-23)15-7-8-18(19(12-15)30-2)28-10-3-4-11-28/h5-9,12,14,17H,3-4,10-11,13H2,1-2H3,(H,25,29). The highest BCUT2D eigenvalue weighted by molar-refractivity contribution is 5.96. The first-order valence-electron chi connectivity index (χ1n) is 10.4. The Bertz CT molecular complexity index is 1090. The summed E-state index contributed by atoms with van der Waals surface area (Å²) in [5, 5.41) is 7.72. The number of benzene rings is 1. The molecule has 2 aliphatic heterocycles. The molecule has 1 atom stereocenters. The van der Waals surface area contributed by atoms with Crippen molar-refractivity contribution in [3.8, 4) is 17.0 Å². The number of methoxy groups -OCH3 is 1. The number of carbonyl (C=O) groups is 1. The van der Waals surface area contributed by atoms with Crippen LogP contribution >= 0.6 is 0 Å². The van der Waals surface area contributed by atoms with Crippen LogP contribution in [-0.4, -0.2) is 40.9 Å². The molecule has 1 N–H and O–H groups in total. The Balaban J connectivity index is 1.62. The van der Waals surface area contributed by atoms with Crippen molar-refractivity contribution < 1.29 is 9.53 Å². The molecule has 1 aromatic carbocycles. The molecule has 0 radical (unpaired) electrons. The number of rotatable bonds is 4. The Morgan fingerprint density at radius 2 is 2.03 bits per heavy atom. The molecule has 7 heteroatoms. The number of hydrogen-bond donors (Lipinski definition) is 1. The highest BCUT2D eigenvalue weighted by Gasteiger charge is 2.34. The van der Waals surface area contributed by atoms with Crippen LogP contribution in [0.4, 0.5) is 11.5 Å². The van der Waals surface area contributed by atoms with Gasteiger partial charge in [-0.05, 0) is 42.7 Å². The number of aromatic nitrogens is 3. The third-order valence-electron chi connectivity index (χ3n) is 6.07. The topological polar surface area (TPSA) is 72.3 Å². The van der Waals surface area contributed by atoms with E-state index in [1.165, 1.54) is 12.8 Å². The number of nitrogens with zero attached hydrogens (tertiary/aromatic N) is 4. The molecule has 30 heavy (non-hydrogen) atoms. The number of amides is 1. The summed E-state index contributed by atoms with van der Waals surface area (Å²) < 4.78 is 7.50. The maximum Gasteiger partial charge on any atom is 0.226 e. The molecule has 4 heterocycles. The zero-order valence-corrected chi connectivity index (χ0v) is 17.3. The first-order valence-corrected chi connectivity index (χ1v) is 10.4. The van der Waals surface area contributed by atoms with Crippen molar-refractivity contribution in [2.75, 3.05) is 30.4 Å². The molecule has 0 saturated carbocycles. The summed E-state index contributed by atoms with van der Waals surface area (Å²) in [6, 6.07) is 10.2. The molecule has 154 valence electrons.